The summed E-state index contributed by atoms with van der Waals surface area (Å²) >= 11 is 0. The van der Waals surface area contributed by atoms with Crippen molar-refractivity contribution in [2.24, 2.45) is 0 Å². The molecule has 0 saturated carbocycles. The van der Waals surface area contributed by atoms with Crippen LogP contribution in [0.2, 0.25) is 0 Å². The molecule has 2 aromatic heterocycles. The van der Waals surface area contributed by atoms with Gasteiger partial charge in [-0.1, -0.05) is 0 Å². The highest BCUT2D eigenvalue weighted by molar-refractivity contribution is 5.99. The van der Waals surface area contributed by atoms with Gasteiger partial charge in [0.25, 0.3) is 5.91 Å². The number of nitrogens with zero attached hydrogens (tertiary/aromatic N) is 5. The van der Waals surface area contributed by atoms with Crippen molar-refractivity contribution in [3.05, 3.63) is 47.7 Å². The minimum absolute atomic E-state index is 0.0580. The molecule has 0 unspecified atom stereocenters. The number of carbonyl (C=O) groups is 3. The maximum atomic E-state index is 12.5. The van der Waals surface area contributed by atoms with Crippen LogP contribution >= 0.6 is 0 Å². The fraction of sp³-hybridized carbons (Fsp3) is 0.333. The number of pyridine rings is 1. The van der Waals surface area contributed by atoms with E-state index in [4.69, 9.17) is 0 Å². The zero-order valence-corrected chi connectivity index (χ0v) is 17.3. The molecule has 0 saturated heterocycles. The first-order chi connectivity index (χ1) is 14.4. The molecule has 3 rings (SSSR count). The smallest absolute Gasteiger partial charge is 0.270 e. The Hall–Kier alpha value is -3.62. The Morgan fingerprint density at radius 3 is 2.57 bits per heavy atom. The quantitative estimate of drug-likeness (QED) is 0.720. The zero-order valence-electron chi connectivity index (χ0n) is 17.3. The lowest BCUT2D eigenvalue weighted by molar-refractivity contribution is -0.127. The van der Waals surface area contributed by atoms with Crippen molar-refractivity contribution >= 4 is 23.9 Å². The summed E-state index contributed by atoms with van der Waals surface area (Å²) in [5.74, 6) is -0.327. The van der Waals surface area contributed by atoms with E-state index in [1.54, 1.807) is 31.4 Å². The molecular weight excluding hydrogens is 384 g/mol. The fourth-order valence-corrected chi connectivity index (χ4v) is 3.17. The standard InChI is InChI=1S/C21H24N6O3/c1-14-6-7-15(9-22-14)17-10-24-18(11-23-17)25-19(29)12-27-8-4-5-16(13-28)20(27)21(30)26(2)3/h6-7,9-11,13H,4-5,8,12H2,1-3H3,(H,24,25,29). The van der Waals surface area contributed by atoms with E-state index in [1.165, 1.54) is 11.1 Å². The van der Waals surface area contributed by atoms with Gasteiger partial charge in [-0.05, 0) is 31.9 Å². The van der Waals surface area contributed by atoms with Gasteiger partial charge in [-0.3, -0.25) is 24.4 Å². The van der Waals surface area contributed by atoms with Gasteiger partial charge >= 0.3 is 0 Å². The Kier molecular flexibility index (Phi) is 6.51. The van der Waals surface area contributed by atoms with Crippen LogP contribution < -0.4 is 5.32 Å². The van der Waals surface area contributed by atoms with Gasteiger partial charge in [-0.15, -0.1) is 0 Å². The highest BCUT2D eigenvalue weighted by Gasteiger charge is 2.28. The van der Waals surface area contributed by atoms with Crippen LogP contribution in [-0.2, 0) is 14.4 Å². The molecule has 1 N–H and O–H groups in total. The van der Waals surface area contributed by atoms with E-state index in [9.17, 15) is 14.4 Å². The molecule has 9 nitrogen and oxygen atoms in total. The van der Waals surface area contributed by atoms with Crippen LogP contribution in [0.1, 0.15) is 18.5 Å². The minimum atomic E-state index is -0.342. The van der Waals surface area contributed by atoms with Gasteiger partial charge in [0.05, 0.1) is 24.6 Å². The lowest BCUT2D eigenvalue weighted by Gasteiger charge is -2.32. The topological polar surface area (TPSA) is 108 Å². The molecule has 0 radical (unpaired) electrons. The number of hydrogen-bond acceptors (Lipinski definition) is 7. The molecule has 0 aromatic carbocycles. The number of carbonyl (C=O) groups excluding carboxylic acids is 3. The summed E-state index contributed by atoms with van der Waals surface area (Å²) in [6.45, 7) is 2.36. The van der Waals surface area contributed by atoms with Crippen LogP contribution in [0, 0.1) is 6.92 Å². The highest BCUT2D eigenvalue weighted by Crippen LogP contribution is 2.22. The van der Waals surface area contributed by atoms with Gasteiger partial charge in [0.1, 0.15) is 12.0 Å². The van der Waals surface area contributed by atoms with E-state index in [-0.39, 0.29) is 24.1 Å². The van der Waals surface area contributed by atoms with Gasteiger partial charge in [-0.2, -0.15) is 0 Å². The number of amides is 2. The maximum absolute atomic E-state index is 12.5. The van der Waals surface area contributed by atoms with Crippen molar-refractivity contribution < 1.29 is 14.4 Å². The Balaban J connectivity index is 1.69. The molecule has 0 atom stereocenters. The van der Waals surface area contributed by atoms with Crippen molar-refractivity contribution in [2.45, 2.75) is 19.8 Å². The molecule has 3 heterocycles. The molecule has 0 aliphatic carbocycles. The molecule has 30 heavy (non-hydrogen) atoms. The number of rotatable bonds is 6. The Labute approximate surface area is 174 Å². The van der Waals surface area contributed by atoms with Crippen molar-refractivity contribution in [2.75, 3.05) is 32.5 Å². The molecular formula is C21H24N6O3. The van der Waals surface area contributed by atoms with Crippen LogP contribution in [0.15, 0.2) is 42.0 Å². The van der Waals surface area contributed by atoms with Gasteiger partial charge in [0.2, 0.25) is 5.91 Å². The van der Waals surface area contributed by atoms with Crippen molar-refractivity contribution in [3.63, 3.8) is 0 Å². The van der Waals surface area contributed by atoms with Gasteiger partial charge in [-0.25, -0.2) is 4.98 Å². The second-order valence-corrected chi connectivity index (χ2v) is 7.24. The molecule has 0 bridgehead atoms. The zero-order chi connectivity index (χ0) is 21.7. The second-order valence-electron chi connectivity index (χ2n) is 7.24. The lowest BCUT2D eigenvalue weighted by atomic mass is 10.0. The van der Waals surface area contributed by atoms with Gasteiger partial charge in [0.15, 0.2) is 5.82 Å². The lowest BCUT2D eigenvalue weighted by Crippen LogP contribution is -2.42. The summed E-state index contributed by atoms with van der Waals surface area (Å²) in [7, 11) is 3.23. The van der Waals surface area contributed by atoms with Crippen molar-refractivity contribution in [1.29, 1.82) is 0 Å². The number of aromatic nitrogens is 3. The number of hydrogen-bond donors (Lipinski definition) is 1. The molecule has 1 aliphatic rings. The van der Waals surface area contributed by atoms with E-state index in [0.717, 1.165) is 11.3 Å². The predicted molar refractivity (Wildman–Crippen MR) is 111 cm³/mol. The molecule has 0 fully saturated rings. The first-order valence-corrected chi connectivity index (χ1v) is 9.59. The van der Waals surface area contributed by atoms with Crippen LogP contribution in [0.25, 0.3) is 11.3 Å². The van der Waals surface area contributed by atoms with Crippen LogP contribution in [0.5, 0.6) is 0 Å². The van der Waals surface area contributed by atoms with E-state index < -0.39 is 0 Å². The van der Waals surface area contributed by atoms with Crippen LogP contribution in [0.3, 0.4) is 0 Å². The summed E-state index contributed by atoms with van der Waals surface area (Å²) in [5.41, 5.74) is 3.09. The number of likely N-dealkylation sites (N-methyl/N-ethyl adjacent to an activating group) is 1. The molecule has 1 aliphatic heterocycles. The average Bonchev–Trinajstić information content (AvgIpc) is 2.74. The summed E-state index contributed by atoms with van der Waals surface area (Å²) in [6.07, 6.45) is 6.68. The number of anilines is 1. The predicted octanol–water partition coefficient (Wildman–Crippen LogP) is 1.42. The Morgan fingerprint density at radius 1 is 1.17 bits per heavy atom. The van der Waals surface area contributed by atoms with Gasteiger partial charge < -0.3 is 15.1 Å². The maximum Gasteiger partial charge on any atom is 0.270 e. The third-order valence-corrected chi connectivity index (χ3v) is 4.71. The van der Waals surface area contributed by atoms with E-state index in [1.807, 2.05) is 19.1 Å². The largest absolute Gasteiger partial charge is 0.357 e. The summed E-state index contributed by atoms with van der Waals surface area (Å²) < 4.78 is 0. The molecule has 156 valence electrons. The molecule has 2 aromatic rings. The Morgan fingerprint density at radius 2 is 1.97 bits per heavy atom. The summed E-state index contributed by atoms with van der Waals surface area (Å²) in [4.78, 5) is 52.3. The van der Waals surface area contributed by atoms with E-state index in [2.05, 4.69) is 20.3 Å². The molecule has 2 amide bonds. The third-order valence-electron chi connectivity index (χ3n) is 4.71. The molecule has 0 spiro atoms. The highest BCUT2D eigenvalue weighted by atomic mass is 16.2. The summed E-state index contributed by atoms with van der Waals surface area (Å²) in [5, 5.41) is 2.69. The van der Waals surface area contributed by atoms with Crippen LogP contribution in [0.4, 0.5) is 5.82 Å². The average molecular weight is 408 g/mol. The first kappa shape index (κ1) is 21.1. The third kappa shape index (κ3) is 4.86. The monoisotopic (exact) mass is 408 g/mol. The fourth-order valence-electron chi connectivity index (χ4n) is 3.17. The number of aldehydes is 1. The number of allylic oxidation sites excluding steroid dienone is 1. The van der Waals surface area contributed by atoms with Gasteiger partial charge in [0, 0.05) is 43.7 Å². The SMILES string of the molecule is Cc1ccc(-c2cnc(NC(=O)CN3CCCC(C=O)=C3C(=O)N(C)C)cn2)cn1. The van der Waals surface area contributed by atoms with Crippen molar-refractivity contribution in [3.8, 4) is 11.3 Å². The van der Waals surface area contributed by atoms with Crippen LogP contribution in [-0.4, -0.2) is 70.0 Å². The summed E-state index contributed by atoms with van der Waals surface area (Å²) in [6, 6.07) is 3.79. The number of nitrogens with one attached hydrogen (secondary N) is 1. The number of aryl methyl sites for hydroxylation is 1. The van der Waals surface area contributed by atoms with Crippen molar-refractivity contribution in [1.82, 2.24) is 24.8 Å². The van der Waals surface area contributed by atoms with E-state index >= 15 is 0 Å². The van der Waals surface area contributed by atoms with E-state index in [0.29, 0.717) is 42.8 Å². The second kappa shape index (κ2) is 9.25. The Bertz CT molecular complexity index is 967. The first-order valence-electron chi connectivity index (χ1n) is 9.59. The normalized spacial score (nSPS) is 13.8. The minimum Gasteiger partial charge on any atom is -0.357 e. The molecule has 9 heteroatoms.